The molecule has 1 N–H and O–H groups in total. The van der Waals surface area contributed by atoms with Crippen molar-refractivity contribution < 1.29 is 18.3 Å². The first-order chi connectivity index (χ1) is 14.2. The van der Waals surface area contributed by atoms with E-state index >= 15 is 0 Å². The number of rotatable bonds is 6. The van der Waals surface area contributed by atoms with Crippen LogP contribution in [-0.2, 0) is 16.6 Å². The highest BCUT2D eigenvalue weighted by Crippen LogP contribution is 2.35. The predicted molar refractivity (Wildman–Crippen MR) is 117 cm³/mol. The van der Waals surface area contributed by atoms with Crippen molar-refractivity contribution in [1.82, 2.24) is 19.2 Å². The van der Waals surface area contributed by atoms with Crippen LogP contribution in [0.4, 0.5) is 0 Å². The number of fused-ring (bicyclic) bond motifs is 1. The monoisotopic (exact) mass is 498 g/mol. The molecular formula is C20H27BrN4O4S. The van der Waals surface area contributed by atoms with Crippen molar-refractivity contribution >= 4 is 26.0 Å². The smallest absolute Gasteiger partial charge is 0.247 e. The minimum absolute atomic E-state index is 0.102. The minimum Gasteiger partial charge on any atom is -0.487 e. The third-order valence-electron chi connectivity index (χ3n) is 5.19. The van der Waals surface area contributed by atoms with Crippen molar-refractivity contribution in [2.75, 3.05) is 26.7 Å². The predicted octanol–water partition coefficient (Wildman–Crippen LogP) is 2.14. The third kappa shape index (κ3) is 5.17. The standard InChI is InChI=1S/C20H27BrN4O4S/c1-14-9-25(15(2)12-26)30(27,28)20-5-4-17(21)6-18(20)29-19(14)11-24(3)10-16-7-22-13-23-8-16/h4-8,13-15,19,26H,9-12H2,1-3H3/t14-,15-,19-/m1/s1. The third-order valence-corrected chi connectivity index (χ3v) is 7.70. The van der Waals surface area contributed by atoms with Gasteiger partial charge in [-0.25, -0.2) is 18.4 Å². The molecule has 0 unspecified atom stereocenters. The second-order valence-corrected chi connectivity index (χ2v) is 10.5. The molecule has 0 spiro atoms. The first kappa shape index (κ1) is 23.1. The number of benzene rings is 1. The Labute approximate surface area is 186 Å². The molecule has 0 bridgehead atoms. The van der Waals surface area contributed by atoms with E-state index in [-0.39, 0.29) is 30.1 Å². The van der Waals surface area contributed by atoms with Gasteiger partial charge in [-0.15, -0.1) is 0 Å². The van der Waals surface area contributed by atoms with E-state index in [9.17, 15) is 13.5 Å². The Hall–Kier alpha value is -1.59. The van der Waals surface area contributed by atoms with Gasteiger partial charge in [0.05, 0.1) is 6.61 Å². The highest BCUT2D eigenvalue weighted by Gasteiger charge is 2.38. The molecule has 0 fully saturated rings. The number of aliphatic hydroxyl groups is 1. The van der Waals surface area contributed by atoms with Crippen LogP contribution in [0.15, 0.2) is 46.3 Å². The summed E-state index contributed by atoms with van der Waals surface area (Å²) in [4.78, 5) is 10.3. The SMILES string of the molecule is C[C@@H]1CN([C@H](C)CO)S(=O)(=O)c2ccc(Br)cc2O[C@@H]1CN(C)Cc1cncnc1. The van der Waals surface area contributed by atoms with E-state index in [4.69, 9.17) is 4.74 Å². The van der Waals surface area contributed by atoms with E-state index in [1.165, 1.54) is 10.6 Å². The molecule has 0 saturated heterocycles. The van der Waals surface area contributed by atoms with E-state index in [1.807, 2.05) is 14.0 Å². The van der Waals surface area contributed by atoms with Gasteiger partial charge in [-0.3, -0.25) is 4.90 Å². The van der Waals surface area contributed by atoms with Crippen LogP contribution in [-0.4, -0.2) is 71.6 Å². The summed E-state index contributed by atoms with van der Waals surface area (Å²) in [7, 11) is -1.83. The topological polar surface area (TPSA) is 95.9 Å². The van der Waals surface area contributed by atoms with Crippen molar-refractivity contribution in [2.24, 2.45) is 5.92 Å². The number of nitrogens with zero attached hydrogens (tertiary/aromatic N) is 4. The molecule has 1 aliphatic heterocycles. The lowest BCUT2D eigenvalue weighted by Crippen LogP contribution is -2.49. The highest BCUT2D eigenvalue weighted by atomic mass is 79.9. The molecule has 1 aliphatic rings. The fourth-order valence-electron chi connectivity index (χ4n) is 3.51. The zero-order valence-electron chi connectivity index (χ0n) is 17.3. The van der Waals surface area contributed by atoms with Crippen LogP contribution in [0.5, 0.6) is 5.75 Å². The number of ether oxygens (including phenoxy) is 1. The van der Waals surface area contributed by atoms with Gasteiger partial charge in [-0.05, 0) is 32.2 Å². The molecule has 8 nitrogen and oxygen atoms in total. The normalized spacial score (nSPS) is 22.6. The fraction of sp³-hybridized carbons (Fsp3) is 0.500. The van der Waals surface area contributed by atoms with Gasteiger partial charge >= 0.3 is 0 Å². The Bertz CT molecular complexity index is 961. The summed E-state index contributed by atoms with van der Waals surface area (Å²) < 4.78 is 35.0. The van der Waals surface area contributed by atoms with Gasteiger partial charge in [0.15, 0.2) is 0 Å². The lowest BCUT2D eigenvalue weighted by atomic mass is 10.0. The Morgan fingerprint density at radius 1 is 1.37 bits per heavy atom. The molecule has 1 aromatic heterocycles. The van der Waals surface area contributed by atoms with E-state index in [0.29, 0.717) is 18.8 Å². The van der Waals surface area contributed by atoms with Crippen LogP contribution in [0.25, 0.3) is 0 Å². The molecule has 2 aromatic rings. The van der Waals surface area contributed by atoms with Crippen LogP contribution >= 0.6 is 15.9 Å². The number of halogens is 1. The van der Waals surface area contributed by atoms with Crippen molar-refractivity contribution in [3.63, 3.8) is 0 Å². The second kappa shape index (κ2) is 9.69. The number of likely N-dealkylation sites (N-methyl/N-ethyl adjacent to an activating group) is 1. The number of hydrogen-bond donors (Lipinski definition) is 1. The van der Waals surface area contributed by atoms with Crippen molar-refractivity contribution in [2.45, 2.75) is 37.4 Å². The summed E-state index contributed by atoms with van der Waals surface area (Å²) in [5.74, 6) is 0.211. The summed E-state index contributed by atoms with van der Waals surface area (Å²) >= 11 is 3.41. The van der Waals surface area contributed by atoms with Gasteiger partial charge in [-0.1, -0.05) is 22.9 Å². The molecule has 1 aromatic carbocycles. The second-order valence-electron chi connectivity index (χ2n) is 7.77. The summed E-state index contributed by atoms with van der Waals surface area (Å²) in [6.45, 7) is 4.92. The van der Waals surface area contributed by atoms with Crippen molar-refractivity contribution in [3.8, 4) is 5.75 Å². The molecule has 0 radical (unpaired) electrons. The average Bonchev–Trinajstić information content (AvgIpc) is 2.70. The lowest BCUT2D eigenvalue weighted by molar-refractivity contribution is 0.0732. The summed E-state index contributed by atoms with van der Waals surface area (Å²) in [5.41, 5.74) is 0.986. The highest BCUT2D eigenvalue weighted by molar-refractivity contribution is 9.10. The molecule has 164 valence electrons. The van der Waals surface area contributed by atoms with Gasteiger partial charge in [0.2, 0.25) is 10.0 Å². The first-order valence-corrected chi connectivity index (χ1v) is 12.0. The maximum atomic E-state index is 13.3. The van der Waals surface area contributed by atoms with E-state index in [1.54, 1.807) is 37.5 Å². The van der Waals surface area contributed by atoms with E-state index in [2.05, 4.69) is 30.8 Å². The zero-order chi connectivity index (χ0) is 21.9. The van der Waals surface area contributed by atoms with Crippen LogP contribution in [0.1, 0.15) is 19.4 Å². The van der Waals surface area contributed by atoms with Crippen LogP contribution in [0, 0.1) is 5.92 Å². The summed E-state index contributed by atoms with van der Waals surface area (Å²) in [5, 5.41) is 9.67. The maximum Gasteiger partial charge on any atom is 0.247 e. The number of aromatic nitrogens is 2. The number of hydrogen-bond acceptors (Lipinski definition) is 7. The molecule has 3 rings (SSSR count). The van der Waals surface area contributed by atoms with Crippen LogP contribution < -0.4 is 4.74 Å². The molecule has 3 atom stereocenters. The fourth-order valence-corrected chi connectivity index (χ4v) is 5.68. The van der Waals surface area contributed by atoms with Crippen LogP contribution in [0.2, 0.25) is 0 Å². The van der Waals surface area contributed by atoms with Crippen LogP contribution in [0.3, 0.4) is 0 Å². The van der Waals surface area contributed by atoms with Gasteiger partial charge in [0, 0.05) is 54.0 Å². The van der Waals surface area contributed by atoms with Crippen molar-refractivity contribution in [3.05, 3.63) is 47.0 Å². The van der Waals surface area contributed by atoms with Gasteiger partial charge in [0.1, 0.15) is 23.1 Å². The quantitative estimate of drug-likeness (QED) is 0.651. The van der Waals surface area contributed by atoms with Crippen molar-refractivity contribution in [1.29, 1.82) is 0 Å². The Morgan fingerprint density at radius 2 is 2.07 bits per heavy atom. The van der Waals surface area contributed by atoms with E-state index in [0.717, 1.165) is 10.0 Å². The average molecular weight is 499 g/mol. The molecule has 0 aliphatic carbocycles. The Morgan fingerprint density at radius 3 is 2.73 bits per heavy atom. The van der Waals surface area contributed by atoms with Gasteiger partial charge in [-0.2, -0.15) is 4.31 Å². The Kier molecular flexibility index (Phi) is 7.46. The lowest BCUT2D eigenvalue weighted by Gasteiger charge is -2.37. The summed E-state index contributed by atoms with van der Waals surface area (Å²) in [6.07, 6.45) is 4.79. The molecule has 0 amide bonds. The molecule has 30 heavy (non-hydrogen) atoms. The maximum absolute atomic E-state index is 13.3. The number of sulfonamides is 1. The molecule has 10 heteroatoms. The zero-order valence-corrected chi connectivity index (χ0v) is 19.7. The minimum atomic E-state index is -3.81. The molecule has 2 heterocycles. The number of aliphatic hydroxyl groups excluding tert-OH is 1. The molecular weight excluding hydrogens is 472 g/mol. The summed E-state index contributed by atoms with van der Waals surface area (Å²) in [6, 6.07) is 4.38. The molecule has 0 saturated carbocycles. The van der Waals surface area contributed by atoms with Gasteiger partial charge in [0.25, 0.3) is 0 Å². The largest absolute Gasteiger partial charge is 0.487 e. The Balaban J connectivity index is 1.92. The first-order valence-electron chi connectivity index (χ1n) is 9.73. The van der Waals surface area contributed by atoms with E-state index < -0.39 is 16.1 Å². The van der Waals surface area contributed by atoms with Gasteiger partial charge < -0.3 is 9.84 Å².